The highest BCUT2D eigenvalue weighted by Gasteiger charge is 2.22. The van der Waals surface area contributed by atoms with Crippen LogP contribution in [0.3, 0.4) is 0 Å². The minimum atomic E-state index is -1.23. The second-order valence-corrected chi connectivity index (χ2v) is 5.92. The summed E-state index contributed by atoms with van der Waals surface area (Å²) >= 11 is 0. The highest BCUT2D eigenvalue weighted by molar-refractivity contribution is 5.97. The number of carboxylic acid groups (broad SMARTS) is 1. The van der Waals surface area contributed by atoms with E-state index in [2.05, 4.69) is 15.6 Å². The molecule has 6 heteroatoms. The van der Waals surface area contributed by atoms with E-state index in [0.717, 1.165) is 22.0 Å². The van der Waals surface area contributed by atoms with Crippen molar-refractivity contribution < 1.29 is 14.7 Å². The number of para-hydroxylation sites is 1. The van der Waals surface area contributed by atoms with Crippen LogP contribution in [0, 0.1) is 6.92 Å². The Bertz CT molecular complexity index is 900. The van der Waals surface area contributed by atoms with Crippen molar-refractivity contribution in [3.05, 3.63) is 65.9 Å². The summed E-state index contributed by atoms with van der Waals surface area (Å²) < 4.78 is 0. The van der Waals surface area contributed by atoms with Gasteiger partial charge in [0.25, 0.3) is 0 Å². The fourth-order valence-electron chi connectivity index (χ4n) is 2.75. The van der Waals surface area contributed by atoms with Crippen LogP contribution in [0.2, 0.25) is 0 Å². The number of carbonyl (C=O) groups is 2. The molecular weight excluding hydrogens is 318 g/mol. The van der Waals surface area contributed by atoms with Crippen LogP contribution in [0.4, 0.5) is 10.5 Å². The van der Waals surface area contributed by atoms with Gasteiger partial charge in [-0.25, -0.2) is 4.79 Å². The normalized spacial score (nSPS) is 11.9. The van der Waals surface area contributed by atoms with Crippen molar-refractivity contribution >= 4 is 28.6 Å². The molecule has 0 aliphatic rings. The van der Waals surface area contributed by atoms with E-state index in [1.807, 2.05) is 43.3 Å². The Kier molecular flexibility index (Phi) is 4.70. The van der Waals surface area contributed by atoms with Gasteiger partial charge in [0, 0.05) is 29.2 Å². The van der Waals surface area contributed by atoms with E-state index < -0.39 is 18.0 Å². The number of carbonyl (C=O) groups excluding carboxylic acids is 1. The van der Waals surface area contributed by atoms with Crippen LogP contribution in [0.25, 0.3) is 10.9 Å². The average Bonchev–Trinajstić information content (AvgIpc) is 2.99. The van der Waals surface area contributed by atoms with Crippen molar-refractivity contribution in [2.24, 2.45) is 0 Å². The summed E-state index contributed by atoms with van der Waals surface area (Å²) in [5.74, 6) is -0.392. The van der Waals surface area contributed by atoms with Crippen LogP contribution < -0.4 is 10.6 Å². The lowest BCUT2D eigenvalue weighted by molar-refractivity contribution is -0.118. The van der Waals surface area contributed by atoms with Crippen molar-refractivity contribution in [2.75, 3.05) is 5.32 Å². The van der Waals surface area contributed by atoms with Gasteiger partial charge in [0.15, 0.2) is 0 Å². The Morgan fingerprint density at radius 1 is 1.12 bits per heavy atom. The van der Waals surface area contributed by atoms with E-state index in [9.17, 15) is 9.59 Å². The van der Waals surface area contributed by atoms with Crippen LogP contribution in [-0.4, -0.2) is 28.1 Å². The summed E-state index contributed by atoms with van der Waals surface area (Å²) in [4.78, 5) is 26.8. The number of aromatic amines is 1. The highest BCUT2D eigenvalue weighted by atomic mass is 16.4. The van der Waals surface area contributed by atoms with E-state index in [0.29, 0.717) is 5.69 Å². The third kappa shape index (κ3) is 3.98. The summed E-state index contributed by atoms with van der Waals surface area (Å²) in [5.41, 5.74) is 3.54. The molecule has 0 fully saturated rings. The molecule has 4 N–H and O–H groups in total. The Hall–Kier alpha value is -3.28. The molecular formula is C19H19N3O3. The second kappa shape index (κ2) is 7.09. The average molecular weight is 337 g/mol. The molecule has 1 aromatic heterocycles. The molecule has 25 heavy (non-hydrogen) atoms. The van der Waals surface area contributed by atoms with Gasteiger partial charge in [0.1, 0.15) is 6.04 Å². The summed E-state index contributed by atoms with van der Waals surface area (Å²) in [6.07, 6.45) is 0.831. The minimum Gasteiger partial charge on any atom is -0.465 e. The molecule has 128 valence electrons. The molecule has 1 atom stereocenters. The zero-order valence-corrected chi connectivity index (χ0v) is 13.7. The van der Waals surface area contributed by atoms with Gasteiger partial charge < -0.3 is 20.7 Å². The molecule has 0 spiro atoms. The first kappa shape index (κ1) is 16.6. The van der Waals surface area contributed by atoms with E-state index in [1.165, 1.54) is 0 Å². The van der Waals surface area contributed by atoms with Crippen molar-refractivity contribution in [3.63, 3.8) is 0 Å². The third-order valence-electron chi connectivity index (χ3n) is 4.03. The van der Waals surface area contributed by atoms with Gasteiger partial charge in [-0.1, -0.05) is 35.9 Å². The number of amides is 2. The number of rotatable bonds is 5. The fourth-order valence-corrected chi connectivity index (χ4v) is 2.75. The number of aromatic nitrogens is 1. The molecule has 0 radical (unpaired) electrons. The predicted octanol–water partition coefficient (Wildman–Crippen LogP) is 3.29. The van der Waals surface area contributed by atoms with E-state index in [4.69, 9.17) is 5.11 Å². The maximum Gasteiger partial charge on any atom is 0.405 e. The first-order chi connectivity index (χ1) is 12.0. The van der Waals surface area contributed by atoms with Crippen LogP contribution in [0.1, 0.15) is 11.1 Å². The number of anilines is 1. The lowest BCUT2D eigenvalue weighted by Gasteiger charge is -2.16. The van der Waals surface area contributed by atoms with Gasteiger partial charge in [-0.15, -0.1) is 0 Å². The standard InChI is InChI=1S/C19H19N3O3/c1-12-6-8-14(9-7-12)21-18(23)17(22-19(24)25)10-13-11-20-16-5-3-2-4-15(13)16/h2-9,11,17,20,22H,10H2,1H3,(H,21,23)(H,24,25)/t17-/m0/s1. The Balaban J connectivity index is 1.80. The topological polar surface area (TPSA) is 94.2 Å². The Labute approximate surface area is 144 Å². The van der Waals surface area contributed by atoms with Crippen LogP contribution in [0.15, 0.2) is 54.7 Å². The molecule has 3 rings (SSSR count). The third-order valence-corrected chi connectivity index (χ3v) is 4.03. The predicted molar refractivity (Wildman–Crippen MR) is 96.8 cm³/mol. The summed E-state index contributed by atoms with van der Waals surface area (Å²) in [6.45, 7) is 1.96. The van der Waals surface area contributed by atoms with Gasteiger partial charge in [-0.3, -0.25) is 4.79 Å². The second-order valence-electron chi connectivity index (χ2n) is 5.92. The molecule has 6 nitrogen and oxygen atoms in total. The number of hydrogen-bond donors (Lipinski definition) is 4. The number of H-pyrrole nitrogens is 1. The summed E-state index contributed by atoms with van der Waals surface area (Å²) in [6, 6.07) is 14.2. The molecule has 0 aliphatic heterocycles. The van der Waals surface area contributed by atoms with E-state index in [1.54, 1.807) is 18.3 Å². The zero-order chi connectivity index (χ0) is 17.8. The SMILES string of the molecule is Cc1ccc(NC(=O)[C@H](Cc2c[nH]c3ccccc23)NC(=O)O)cc1. The number of benzene rings is 2. The van der Waals surface area contributed by atoms with Crippen molar-refractivity contribution in [2.45, 2.75) is 19.4 Å². The first-order valence-corrected chi connectivity index (χ1v) is 7.95. The van der Waals surface area contributed by atoms with Crippen LogP contribution in [0.5, 0.6) is 0 Å². The smallest absolute Gasteiger partial charge is 0.405 e. The fraction of sp³-hybridized carbons (Fsp3) is 0.158. The molecule has 0 saturated heterocycles. The molecule has 2 amide bonds. The quantitative estimate of drug-likeness (QED) is 0.575. The van der Waals surface area contributed by atoms with E-state index >= 15 is 0 Å². The first-order valence-electron chi connectivity index (χ1n) is 7.95. The lowest BCUT2D eigenvalue weighted by atomic mass is 10.0. The number of hydrogen-bond acceptors (Lipinski definition) is 2. The Morgan fingerprint density at radius 2 is 1.84 bits per heavy atom. The molecule has 1 heterocycles. The highest BCUT2D eigenvalue weighted by Crippen LogP contribution is 2.19. The number of aryl methyl sites for hydroxylation is 1. The number of nitrogens with one attached hydrogen (secondary N) is 3. The summed E-state index contributed by atoms with van der Waals surface area (Å²) in [5, 5.41) is 15.1. The zero-order valence-electron chi connectivity index (χ0n) is 13.7. The van der Waals surface area contributed by atoms with Gasteiger partial charge in [0.2, 0.25) is 5.91 Å². The molecule has 0 aliphatic carbocycles. The van der Waals surface area contributed by atoms with Crippen LogP contribution in [-0.2, 0) is 11.2 Å². The molecule has 0 bridgehead atoms. The van der Waals surface area contributed by atoms with Gasteiger partial charge in [0.05, 0.1) is 0 Å². The van der Waals surface area contributed by atoms with Crippen molar-refractivity contribution in [3.8, 4) is 0 Å². The monoisotopic (exact) mass is 337 g/mol. The van der Waals surface area contributed by atoms with Crippen molar-refractivity contribution in [1.29, 1.82) is 0 Å². The lowest BCUT2D eigenvalue weighted by Crippen LogP contribution is -2.44. The molecule has 0 unspecified atom stereocenters. The van der Waals surface area contributed by atoms with Gasteiger partial charge in [-0.05, 0) is 30.7 Å². The van der Waals surface area contributed by atoms with Crippen LogP contribution >= 0.6 is 0 Å². The van der Waals surface area contributed by atoms with Gasteiger partial charge >= 0.3 is 6.09 Å². The maximum absolute atomic E-state index is 12.5. The Morgan fingerprint density at radius 3 is 2.56 bits per heavy atom. The molecule has 2 aromatic carbocycles. The molecule has 3 aromatic rings. The van der Waals surface area contributed by atoms with E-state index in [-0.39, 0.29) is 6.42 Å². The number of fused-ring (bicyclic) bond motifs is 1. The largest absolute Gasteiger partial charge is 0.465 e. The molecule has 0 saturated carbocycles. The maximum atomic E-state index is 12.5. The van der Waals surface area contributed by atoms with Crippen molar-refractivity contribution in [1.82, 2.24) is 10.3 Å². The minimum absolute atomic E-state index is 0.258. The summed E-state index contributed by atoms with van der Waals surface area (Å²) in [7, 11) is 0. The van der Waals surface area contributed by atoms with Gasteiger partial charge in [-0.2, -0.15) is 0 Å².